The second-order valence-corrected chi connectivity index (χ2v) is 4.56. The van der Waals surface area contributed by atoms with Crippen molar-refractivity contribution in [3.63, 3.8) is 0 Å². The fourth-order valence-corrected chi connectivity index (χ4v) is 2.07. The average molecular weight is 293 g/mol. The molecule has 2 aromatic carbocycles. The van der Waals surface area contributed by atoms with Crippen molar-refractivity contribution < 1.29 is 18.3 Å². The molecule has 108 valence electrons. The maximum absolute atomic E-state index is 12.7. The summed E-state index contributed by atoms with van der Waals surface area (Å²) in [6.07, 6.45) is -4.42. The predicted molar refractivity (Wildman–Crippen MR) is 72.6 cm³/mol. The molecule has 0 aliphatic carbocycles. The Kier molecular flexibility index (Phi) is 2.79. The lowest BCUT2D eigenvalue weighted by Crippen LogP contribution is -2.04. The number of nitrogens with zero attached hydrogens (tertiary/aromatic N) is 1. The number of aromatic hydroxyl groups is 1. The highest BCUT2D eigenvalue weighted by atomic mass is 19.4. The third kappa shape index (κ3) is 2.26. The second-order valence-electron chi connectivity index (χ2n) is 4.56. The van der Waals surface area contributed by atoms with Gasteiger partial charge >= 0.3 is 6.18 Å². The Bertz CT molecular complexity index is 824. The molecule has 1 aromatic heterocycles. The largest absolute Gasteiger partial charge is 0.505 e. The zero-order valence-corrected chi connectivity index (χ0v) is 10.6. The maximum Gasteiger partial charge on any atom is 0.416 e. The molecule has 0 amide bonds. The molecule has 4 N–H and O–H groups in total. The third-order valence-corrected chi connectivity index (χ3v) is 3.13. The second kappa shape index (κ2) is 4.41. The Morgan fingerprint density at radius 1 is 1.14 bits per heavy atom. The molecule has 7 heteroatoms. The molecule has 0 aliphatic rings. The Morgan fingerprint density at radius 3 is 2.62 bits per heavy atom. The number of anilines is 1. The van der Waals surface area contributed by atoms with Gasteiger partial charge in [0.1, 0.15) is 11.6 Å². The van der Waals surface area contributed by atoms with Gasteiger partial charge in [0.2, 0.25) is 0 Å². The quantitative estimate of drug-likeness (QED) is 0.474. The topological polar surface area (TPSA) is 74.9 Å². The molecule has 0 spiro atoms. The van der Waals surface area contributed by atoms with Gasteiger partial charge in [-0.3, -0.25) is 0 Å². The molecule has 0 bridgehead atoms. The van der Waals surface area contributed by atoms with Crippen LogP contribution in [0.15, 0.2) is 36.4 Å². The van der Waals surface area contributed by atoms with Crippen LogP contribution in [0, 0.1) is 0 Å². The molecule has 0 fully saturated rings. The number of phenols is 1. The molecule has 0 saturated carbocycles. The van der Waals surface area contributed by atoms with Crippen LogP contribution in [-0.2, 0) is 6.18 Å². The first kappa shape index (κ1) is 13.3. The van der Waals surface area contributed by atoms with Crippen LogP contribution in [0.3, 0.4) is 0 Å². The molecule has 0 unspecified atom stereocenters. The number of H-pyrrole nitrogens is 1. The number of fused-ring (bicyclic) bond motifs is 1. The van der Waals surface area contributed by atoms with Crippen molar-refractivity contribution in [2.75, 3.05) is 5.73 Å². The minimum absolute atomic E-state index is 0.160. The number of nitrogen functional groups attached to an aromatic ring is 1. The number of imidazole rings is 1. The lowest BCUT2D eigenvalue weighted by Gasteiger charge is -2.05. The van der Waals surface area contributed by atoms with E-state index >= 15 is 0 Å². The number of para-hydroxylation sites is 1. The van der Waals surface area contributed by atoms with Crippen LogP contribution in [0.25, 0.3) is 22.4 Å². The zero-order valence-electron chi connectivity index (χ0n) is 10.6. The number of benzene rings is 2. The predicted octanol–water partition coefficient (Wildman–Crippen LogP) is 3.54. The summed E-state index contributed by atoms with van der Waals surface area (Å²) >= 11 is 0. The summed E-state index contributed by atoms with van der Waals surface area (Å²) < 4.78 is 38.0. The number of alkyl halides is 3. The Balaban J connectivity index is 2.15. The van der Waals surface area contributed by atoms with Gasteiger partial charge in [-0.1, -0.05) is 6.07 Å². The van der Waals surface area contributed by atoms with Gasteiger partial charge in [0.25, 0.3) is 0 Å². The number of phenolic OH excluding ortho intramolecular Hbond substituents is 1. The molecule has 3 rings (SSSR count). The molecule has 1 heterocycles. The smallest absolute Gasteiger partial charge is 0.416 e. The Morgan fingerprint density at radius 2 is 1.90 bits per heavy atom. The third-order valence-electron chi connectivity index (χ3n) is 3.13. The van der Waals surface area contributed by atoms with Crippen molar-refractivity contribution in [3.05, 3.63) is 42.0 Å². The average Bonchev–Trinajstić information content (AvgIpc) is 2.83. The highest BCUT2D eigenvalue weighted by molar-refractivity contribution is 5.82. The van der Waals surface area contributed by atoms with Gasteiger partial charge < -0.3 is 15.8 Å². The summed E-state index contributed by atoms with van der Waals surface area (Å²) in [5.74, 6) is 0.0988. The monoisotopic (exact) mass is 293 g/mol. The normalized spacial score (nSPS) is 12.0. The number of hydrogen-bond donors (Lipinski definition) is 3. The van der Waals surface area contributed by atoms with Crippen LogP contribution in [0.1, 0.15) is 5.56 Å². The molecular formula is C14H10F3N3O. The van der Waals surface area contributed by atoms with Crippen LogP contribution < -0.4 is 5.73 Å². The minimum Gasteiger partial charge on any atom is -0.505 e. The number of halogens is 3. The molecule has 0 radical (unpaired) electrons. The molecule has 4 nitrogen and oxygen atoms in total. The van der Waals surface area contributed by atoms with E-state index in [2.05, 4.69) is 9.97 Å². The number of nitrogens with two attached hydrogens (primary N) is 1. The molecule has 0 aliphatic heterocycles. The minimum atomic E-state index is -4.42. The molecule has 0 saturated heterocycles. The summed E-state index contributed by atoms with van der Waals surface area (Å²) in [4.78, 5) is 6.94. The van der Waals surface area contributed by atoms with Gasteiger partial charge in [0.05, 0.1) is 27.8 Å². The van der Waals surface area contributed by atoms with E-state index in [9.17, 15) is 18.3 Å². The van der Waals surface area contributed by atoms with E-state index in [0.717, 1.165) is 12.1 Å². The highest BCUT2D eigenvalue weighted by Crippen LogP contribution is 2.35. The molecular weight excluding hydrogens is 283 g/mol. The summed E-state index contributed by atoms with van der Waals surface area (Å²) in [5.41, 5.74) is 5.95. The van der Waals surface area contributed by atoms with E-state index in [1.165, 1.54) is 12.1 Å². The SMILES string of the molecule is Nc1cccc(-c2nc3ccc(C(F)(F)F)cc3[nH]2)c1O. The van der Waals surface area contributed by atoms with Crippen molar-refractivity contribution in [1.29, 1.82) is 0 Å². The van der Waals surface area contributed by atoms with Gasteiger partial charge in [-0.15, -0.1) is 0 Å². The van der Waals surface area contributed by atoms with E-state index in [-0.39, 0.29) is 22.8 Å². The standard InChI is InChI=1S/C14H10F3N3O/c15-14(16,17)7-4-5-10-11(6-7)20-13(19-10)8-2-1-3-9(18)12(8)21/h1-6,21H,18H2,(H,19,20). The van der Waals surface area contributed by atoms with Crippen molar-refractivity contribution in [3.8, 4) is 17.1 Å². The van der Waals surface area contributed by atoms with Crippen LogP contribution >= 0.6 is 0 Å². The van der Waals surface area contributed by atoms with Gasteiger partial charge in [0, 0.05) is 0 Å². The van der Waals surface area contributed by atoms with Crippen molar-refractivity contribution in [1.82, 2.24) is 9.97 Å². The highest BCUT2D eigenvalue weighted by Gasteiger charge is 2.30. The lowest BCUT2D eigenvalue weighted by atomic mass is 10.1. The maximum atomic E-state index is 12.7. The zero-order chi connectivity index (χ0) is 15.2. The molecule has 0 atom stereocenters. The lowest BCUT2D eigenvalue weighted by molar-refractivity contribution is -0.137. The fraction of sp³-hybridized carbons (Fsp3) is 0.0714. The summed E-state index contributed by atoms with van der Waals surface area (Å²) in [6.45, 7) is 0. The van der Waals surface area contributed by atoms with Gasteiger partial charge in [-0.25, -0.2) is 4.98 Å². The number of hydrogen-bond acceptors (Lipinski definition) is 3. The first-order chi connectivity index (χ1) is 9.86. The van der Waals surface area contributed by atoms with Crippen LogP contribution in [0.4, 0.5) is 18.9 Å². The fourth-order valence-electron chi connectivity index (χ4n) is 2.07. The molecule has 3 aromatic rings. The Hall–Kier alpha value is -2.70. The van der Waals surface area contributed by atoms with E-state index in [1.54, 1.807) is 12.1 Å². The first-order valence-corrected chi connectivity index (χ1v) is 6.01. The van der Waals surface area contributed by atoms with E-state index in [4.69, 9.17) is 5.73 Å². The number of aromatic amines is 1. The van der Waals surface area contributed by atoms with Gasteiger partial charge in [0.15, 0.2) is 0 Å². The first-order valence-electron chi connectivity index (χ1n) is 6.01. The van der Waals surface area contributed by atoms with Crippen molar-refractivity contribution in [2.45, 2.75) is 6.18 Å². The summed E-state index contributed by atoms with van der Waals surface area (Å²) in [7, 11) is 0. The van der Waals surface area contributed by atoms with Crippen molar-refractivity contribution in [2.24, 2.45) is 0 Å². The summed E-state index contributed by atoms with van der Waals surface area (Å²) in [5, 5.41) is 9.89. The summed E-state index contributed by atoms with van der Waals surface area (Å²) in [6, 6.07) is 7.94. The van der Waals surface area contributed by atoms with Gasteiger partial charge in [-0.2, -0.15) is 13.2 Å². The van der Waals surface area contributed by atoms with E-state index in [1.807, 2.05) is 0 Å². The Labute approximate surface area is 117 Å². The van der Waals surface area contributed by atoms with Crippen molar-refractivity contribution >= 4 is 16.7 Å². The van der Waals surface area contributed by atoms with E-state index < -0.39 is 11.7 Å². The van der Waals surface area contributed by atoms with Crippen LogP contribution in [-0.4, -0.2) is 15.1 Å². The molecule has 21 heavy (non-hydrogen) atoms. The van der Waals surface area contributed by atoms with E-state index in [0.29, 0.717) is 11.1 Å². The van der Waals surface area contributed by atoms with Gasteiger partial charge in [-0.05, 0) is 30.3 Å². The van der Waals surface area contributed by atoms with Crippen LogP contribution in [0.5, 0.6) is 5.75 Å². The number of nitrogens with one attached hydrogen (secondary N) is 1. The number of aromatic nitrogens is 2. The van der Waals surface area contributed by atoms with Crippen LogP contribution in [0.2, 0.25) is 0 Å². The number of rotatable bonds is 1.